The van der Waals surface area contributed by atoms with Gasteiger partial charge in [-0.05, 0) is 48.2 Å². The van der Waals surface area contributed by atoms with Gasteiger partial charge in [0.1, 0.15) is 29.8 Å². The molecule has 0 bridgehead atoms. The zero-order valence-corrected chi connectivity index (χ0v) is 19.1. The maximum absolute atomic E-state index is 15.0. The summed E-state index contributed by atoms with van der Waals surface area (Å²) in [7, 11) is 0. The Morgan fingerprint density at radius 1 is 1.14 bits per heavy atom. The van der Waals surface area contributed by atoms with Gasteiger partial charge in [-0.3, -0.25) is 4.79 Å². The molecule has 0 radical (unpaired) electrons. The SMILES string of the molecule is Nc1ncc(C2CCCCC2)nc1-c1ccc(C(=O)N[C@H](CO)c2cc(F)cc(CF)c2)c(F)c1. The van der Waals surface area contributed by atoms with Crippen LogP contribution in [0.3, 0.4) is 0 Å². The number of halogens is 3. The number of benzene rings is 2. The van der Waals surface area contributed by atoms with Crippen molar-refractivity contribution >= 4 is 11.7 Å². The van der Waals surface area contributed by atoms with E-state index in [9.17, 15) is 23.1 Å². The lowest BCUT2D eigenvalue weighted by Crippen LogP contribution is -2.31. The number of nitrogens with zero attached hydrogens (tertiary/aromatic N) is 2. The van der Waals surface area contributed by atoms with Crippen molar-refractivity contribution in [1.29, 1.82) is 0 Å². The smallest absolute Gasteiger partial charge is 0.254 e. The van der Waals surface area contributed by atoms with Crippen LogP contribution >= 0.6 is 0 Å². The van der Waals surface area contributed by atoms with E-state index >= 15 is 0 Å². The molecule has 1 atom stereocenters. The number of nitrogens with two attached hydrogens (primary N) is 1. The van der Waals surface area contributed by atoms with Crippen molar-refractivity contribution < 1.29 is 23.1 Å². The van der Waals surface area contributed by atoms with E-state index in [0.29, 0.717) is 17.2 Å². The normalized spacial score (nSPS) is 15.1. The zero-order chi connectivity index (χ0) is 24.9. The largest absolute Gasteiger partial charge is 0.394 e. The predicted molar refractivity (Wildman–Crippen MR) is 126 cm³/mol. The number of nitrogens with one attached hydrogen (secondary N) is 1. The summed E-state index contributed by atoms with van der Waals surface area (Å²) >= 11 is 0. The number of carbonyl (C=O) groups is 1. The van der Waals surface area contributed by atoms with Gasteiger partial charge in [0.05, 0.1) is 30.1 Å². The van der Waals surface area contributed by atoms with Crippen molar-refractivity contribution in [3.63, 3.8) is 0 Å². The van der Waals surface area contributed by atoms with Gasteiger partial charge in [-0.25, -0.2) is 23.1 Å². The minimum atomic E-state index is -1.05. The number of alkyl halides is 1. The van der Waals surface area contributed by atoms with Gasteiger partial charge in [0.15, 0.2) is 0 Å². The van der Waals surface area contributed by atoms with E-state index in [2.05, 4.69) is 15.3 Å². The molecule has 1 amide bonds. The molecule has 2 aromatic carbocycles. The second-order valence-corrected chi connectivity index (χ2v) is 8.79. The number of aliphatic hydroxyl groups is 1. The lowest BCUT2D eigenvalue weighted by atomic mass is 9.87. The number of carbonyl (C=O) groups excluding carboxylic acids is 1. The van der Waals surface area contributed by atoms with Crippen LogP contribution < -0.4 is 11.1 Å². The first-order valence-electron chi connectivity index (χ1n) is 11.6. The molecule has 0 unspecified atom stereocenters. The molecule has 184 valence electrons. The van der Waals surface area contributed by atoms with Crippen LogP contribution in [0, 0.1) is 11.6 Å². The fourth-order valence-electron chi connectivity index (χ4n) is 4.49. The van der Waals surface area contributed by atoms with Crippen LogP contribution in [-0.4, -0.2) is 27.6 Å². The molecule has 0 aliphatic heterocycles. The van der Waals surface area contributed by atoms with E-state index in [-0.39, 0.29) is 22.5 Å². The molecule has 1 fully saturated rings. The van der Waals surface area contributed by atoms with Crippen molar-refractivity contribution in [2.45, 2.75) is 50.7 Å². The van der Waals surface area contributed by atoms with E-state index in [4.69, 9.17) is 5.73 Å². The molecule has 4 N–H and O–H groups in total. The summed E-state index contributed by atoms with van der Waals surface area (Å²) in [5.41, 5.74) is 7.55. The van der Waals surface area contributed by atoms with Crippen LogP contribution in [0.25, 0.3) is 11.3 Å². The van der Waals surface area contributed by atoms with Crippen LogP contribution in [0.4, 0.5) is 19.0 Å². The number of rotatable bonds is 7. The average molecular weight is 485 g/mol. The quantitative estimate of drug-likeness (QED) is 0.439. The Hall–Kier alpha value is -3.46. The third-order valence-corrected chi connectivity index (χ3v) is 6.35. The Labute approximate surface area is 201 Å². The highest BCUT2D eigenvalue weighted by Crippen LogP contribution is 2.33. The summed E-state index contributed by atoms with van der Waals surface area (Å²) in [6.45, 7) is -1.48. The van der Waals surface area contributed by atoms with Crippen LogP contribution in [0.1, 0.15) is 71.2 Å². The van der Waals surface area contributed by atoms with Gasteiger partial charge < -0.3 is 16.2 Å². The molecule has 3 aromatic rings. The number of aromatic nitrogens is 2. The Morgan fingerprint density at radius 2 is 1.91 bits per heavy atom. The zero-order valence-electron chi connectivity index (χ0n) is 19.1. The van der Waals surface area contributed by atoms with E-state index in [1.807, 2.05) is 0 Å². The molecule has 9 heteroatoms. The van der Waals surface area contributed by atoms with Gasteiger partial charge in [0, 0.05) is 11.5 Å². The molecular weight excluding hydrogens is 457 g/mol. The third-order valence-electron chi connectivity index (χ3n) is 6.35. The minimum absolute atomic E-state index is 0.0670. The monoisotopic (exact) mass is 484 g/mol. The standard InChI is InChI=1S/C26H27F3N4O2/c27-12-15-8-18(10-19(28)9-15)23(14-34)33-26(35)20-7-6-17(11-21(20)29)24-25(30)31-13-22(32-24)16-4-2-1-3-5-16/h6-11,13,16,23,34H,1-5,12,14H2,(H2,30,31)(H,33,35)/t23-/m1/s1. The second kappa shape index (κ2) is 10.9. The maximum atomic E-state index is 15.0. The number of aliphatic hydroxyl groups excluding tert-OH is 1. The minimum Gasteiger partial charge on any atom is -0.394 e. The Morgan fingerprint density at radius 3 is 2.60 bits per heavy atom. The molecule has 1 heterocycles. The molecule has 1 aliphatic carbocycles. The molecule has 4 rings (SSSR count). The van der Waals surface area contributed by atoms with Gasteiger partial charge in [-0.15, -0.1) is 0 Å². The van der Waals surface area contributed by atoms with Gasteiger partial charge >= 0.3 is 0 Å². The van der Waals surface area contributed by atoms with Crippen LogP contribution in [0.2, 0.25) is 0 Å². The average Bonchev–Trinajstić information content (AvgIpc) is 2.87. The molecule has 1 aromatic heterocycles. The second-order valence-electron chi connectivity index (χ2n) is 8.79. The summed E-state index contributed by atoms with van der Waals surface area (Å²) in [6, 6.07) is 6.39. The van der Waals surface area contributed by atoms with Crippen molar-refractivity contribution in [1.82, 2.24) is 15.3 Å². The number of anilines is 1. The maximum Gasteiger partial charge on any atom is 0.254 e. The first-order valence-corrected chi connectivity index (χ1v) is 11.6. The number of nitrogen functional groups attached to an aromatic ring is 1. The molecule has 35 heavy (non-hydrogen) atoms. The summed E-state index contributed by atoms with van der Waals surface area (Å²) in [4.78, 5) is 21.6. The summed E-state index contributed by atoms with van der Waals surface area (Å²) in [5.74, 6) is -1.87. The summed E-state index contributed by atoms with van der Waals surface area (Å²) in [5, 5.41) is 12.2. The van der Waals surface area contributed by atoms with Crippen LogP contribution in [-0.2, 0) is 6.67 Å². The fourth-order valence-corrected chi connectivity index (χ4v) is 4.49. The van der Waals surface area contributed by atoms with Gasteiger partial charge in [0.2, 0.25) is 0 Å². The summed E-state index contributed by atoms with van der Waals surface area (Å²) in [6.07, 6.45) is 7.18. The molecule has 1 saturated carbocycles. The van der Waals surface area contributed by atoms with Gasteiger partial charge in [-0.2, -0.15) is 0 Å². The first-order chi connectivity index (χ1) is 16.9. The van der Waals surface area contributed by atoms with Crippen molar-refractivity contribution in [2.24, 2.45) is 0 Å². The highest BCUT2D eigenvalue weighted by atomic mass is 19.1. The van der Waals surface area contributed by atoms with E-state index in [1.54, 1.807) is 6.20 Å². The first kappa shape index (κ1) is 24.7. The molecule has 1 aliphatic rings. The molecule has 0 spiro atoms. The Bertz CT molecular complexity index is 1220. The topological polar surface area (TPSA) is 101 Å². The van der Waals surface area contributed by atoms with E-state index in [0.717, 1.165) is 49.6 Å². The van der Waals surface area contributed by atoms with Crippen molar-refractivity contribution in [3.05, 3.63) is 76.6 Å². The van der Waals surface area contributed by atoms with Crippen molar-refractivity contribution in [3.8, 4) is 11.3 Å². The Kier molecular flexibility index (Phi) is 7.65. The lowest BCUT2D eigenvalue weighted by molar-refractivity contribution is 0.0912. The number of amides is 1. The van der Waals surface area contributed by atoms with E-state index < -0.39 is 36.9 Å². The van der Waals surface area contributed by atoms with Gasteiger partial charge in [-0.1, -0.05) is 31.4 Å². The van der Waals surface area contributed by atoms with Crippen LogP contribution in [0.15, 0.2) is 42.6 Å². The lowest BCUT2D eigenvalue weighted by Gasteiger charge is -2.21. The molecular formula is C26H27F3N4O2. The predicted octanol–water partition coefficient (Wildman–Crippen LogP) is 4.98. The highest BCUT2D eigenvalue weighted by molar-refractivity contribution is 5.95. The number of hydrogen-bond donors (Lipinski definition) is 3. The van der Waals surface area contributed by atoms with Crippen molar-refractivity contribution in [2.75, 3.05) is 12.3 Å². The fraction of sp³-hybridized carbons (Fsp3) is 0.346. The molecule has 6 nitrogen and oxygen atoms in total. The molecule has 0 saturated heterocycles. The highest BCUT2D eigenvalue weighted by Gasteiger charge is 2.22. The van der Waals surface area contributed by atoms with E-state index in [1.165, 1.54) is 24.6 Å². The Balaban J connectivity index is 1.56. The summed E-state index contributed by atoms with van der Waals surface area (Å²) < 4.78 is 41.8. The number of hydrogen-bond acceptors (Lipinski definition) is 5. The third kappa shape index (κ3) is 5.62. The van der Waals surface area contributed by atoms with Crippen LogP contribution in [0.5, 0.6) is 0 Å². The van der Waals surface area contributed by atoms with Gasteiger partial charge in [0.25, 0.3) is 5.91 Å².